The summed E-state index contributed by atoms with van der Waals surface area (Å²) in [5, 5.41) is 21.1. The van der Waals surface area contributed by atoms with E-state index in [0.29, 0.717) is 16.2 Å². The van der Waals surface area contributed by atoms with Crippen LogP contribution in [0.5, 0.6) is 5.75 Å². The molecule has 0 aliphatic carbocycles. The van der Waals surface area contributed by atoms with Crippen LogP contribution in [-0.4, -0.2) is 26.2 Å². The predicted octanol–water partition coefficient (Wildman–Crippen LogP) is 3.50. The summed E-state index contributed by atoms with van der Waals surface area (Å²) in [6.07, 6.45) is 1.56. The molecule has 0 saturated heterocycles. The fourth-order valence-electron chi connectivity index (χ4n) is 2.11. The third-order valence-electron chi connectivity index (χ3n) is 3.29. The van der Waals surface area contributed by atoms with Crippen LogP contribution in [0.15, 0.2) is 53.6 Å². The van der Waals surface area contributed by atoms with E-state index in [0.717, 1.165) is 11.1 Å². The summed E-state index contributed by atoms with van der Waals surface area (Å²) in [6.45, 7) is 2.00. The molecule has 0 bridgehead atoms. The van der Waals surface area contributed by atoms with Crippen molar-refractivity contribution in [3.8, 4) is 17.1 Å². The number of benzene rings is 2. The number of aromatic hydroxyl groups is 1. The van der Waals surface area contributed by atoms with Gasteiger partial charge in [-0.2, -0.15) is 14.9 Å². The molecule has 5 nitrogen and oxygen atoms in total. The average molecular weight is 310 g/mol. The minimum absolute atomic E-state index is 0.165. The van der Waals surface area contributed by atoms with Gasteiger partial charge in [0.25, 0.3) is 0 Å². The van der Waals surface area contributed by atoms with E-state index in [1.165, 1.54) is 0 Å². The molecule has 0 aliphatic heterocycles. The van der Waals surface area contributed by atoms with Gasteiger partial charge in [-0.1, -0.05) is 36.4 Å². The molecule has 0 atom stereocenters. The van der Waals surface area contributed by atoms with E-state index in [1.807, 2.05) is 37.3 Å². The minimum Gasteiger partial charge on any atom is -0.507 e. The Morgan fingerprint density at radius 1 is 1.18 bits per heavy atom. The second kappa shape index (κ2) is 5.95. The Labute approximate surface area is 132 Å². The SMILES string of the molecule is Cc1ccccc1-c1n[nH]c(=S)n1/N=C\c1ccccc1O. The Morgan fingerprint density at radius 3 is 2.68 bits per heavy atom. The molecule has 3 aromatic rings. The van der Waals surface area contributed by atoms with Gasteiger partial charge in [-0.3, -0.25) is 0 Å². The van der Waals surface area contributed by atoms with Crippen molar-refractivity contribution in [3.05, 3.63) is 64.4 Å². The van der Waals surface area contributed by atoms with E-state index in [1.54, 1.807) is 29.1 Å². The molecule has 2 N–H and O–H groups in total. The van der Waals surface area contributed by atoms with Crippen LogP contribution in [0.3, 0.4) is 0 Å². The molecular formula is C16H14N4OS. The molecular weight excluding hydrogens is 296 g/mol. The fourth-order valence-corrected chi connectivity index (χ4v) is 2.29. The minimum atomic E-state index is 0.165. The molecule has 1 aromatic heterocycles. The number of para-hydroxylation sites is 1. The van der Waals surface area contributed by atoms with Crippen LogP contribution in [0.4, 0.5) is 0 Å². The molecule has 22 heavy (non-hydrogen) atoms. The zero-order valence-electron chi connectivity index (χ0n) is 11.9. The Kier molecular flexibility index (Phi) is 3.84. The molecule has 0 aliphatic rings. The van der Waals surface area contributed by atoms with Crippen LogP contribution in [0.25, 0.3) is 11.4 Å². The van der Waals surface area contributed by atoms with Crippen LogP contribution >= 0.6 is 12.2 Å². The first-order chi connectivity index (χ1) is 10.7. The summed E-state index contributed by atoms with van der Waals surface area (Å²) in [5.74, 6) is 0.800. The molecule has 0 radical (unpaired) electrons. The van der Waals surface area contributed by atoms with Crippen LogP contribution in [0.2, 0.25) is 0 Å². The molecule has 0 fully saturated rings. The molecule has 0 unspecified atom stereocenters. The smallest absolute Gasteiger partial charge is 0.216 e. The zero-order valence-corrected chi connectivity index (χ0v) is 12.7. The number of aryl methyl sites for hydroxylation is 1. The van der Waals surface area contributed by atoms with Gasteiger partial charge in [-0.25, -0.2) is 5.10 Å². The summed E-state index contributed by atoms with van der Waals surface area (Å²) in [4.78, 5) is 0. The summed E-state index contributed by atoms with van der Waals surface area (Å²) in [5.41, 5.74) is 2.64. The summed E-state index contributed by atoms with van der Waals surface area (Å²) >= 11 is 5.23. The number of aromatic amines is 1. The second-order valence-corrected chi connectivity index (χ2v) is 5.17. The molecule has 2 aromatic carbocycles. The summed E-state index contributed by atoms with van der Waals surface area (Å²) in [7, 11) is 0. The maximum absolute atomic E-state index is 9.79. The lowest BCUT2D eigenvalue weighted by Gasteiger charge is -2.04. The van der Waals surface area contributed by atoms with E-state index >= 15 is 0 Å². The summed E-state index contributed by atoms with van der Waals surface area (Å²) < 4.78 is 1.94. The zero-order chi connectivity index (χ0) is 15.5. The molecule has 0 spiro atoms. The monoisotopic (exact) mass is 310 g/mol. The van der Waals surface area contributed by atoms with Crippen LogP contribution in [-0.2, 0) is 0 Å². The van der Waals surface area contributed by atoms with Gasteiger partial charge in [-0.05, 0) is 36.8 Å². The molecule has 1 heterocycles. The Bertz CT molecular complexity index is 895. The van der Waals surface area contributed by atoms with Gasteiger partial charge >= 0.3 is 0 Å². The van der Waals surface area contributed by atoms with Crippen molar-refractivity contribution < 1.29 is 5.11 Å². The highest BCUT2D eigenvalue weighted by atomic mass is 32.1. The number of hydrogen-bond acceptors (Lipinski definition) is 4. The predicted molar refractivity (Wildman–Crippen MR) is 88.7 cm³/mol. The number of H-pyrrole nitrogens is 1. The Balaban J connectivity index is 2.06. The first-order valence-corrected chi connectivity index (χ1v) is 7.13. The van der Waals surface area contributed by atoms with Crippen LogP contribution in [0.1, 0.15) is 11.1 Å². The average Bonchev–Trinajstić information content (AvgIpc) is 2.88. The number of nitrogens with one attached hydrogen (secondary N) is 1. The first-order valence-electron chi connectivity index (χ1n) is 6.72. The van der Waals surface area contributed by atoms with Crippen molar-refractivity contribution in [1.29, 1.82) is 0 Å². The number of nitrogens with zero attached hydrogens (tertiary/aromatic N) is 3. The van der Waals surface area contributed by atoms with Crippen molar-refractivity contribution >= 4 is 18.4 Å². The number of phenolic OH excluding ortho intramolecular Hbond substituents is 1. The lowest BCUT2D eigenvalue weighted by atomic mass is 10.1. The normalized spacial score (nSPS) is 11.1. The molecule has 110 valence electrons. The lowest BCUT2D eigenvalue weighted by molar-refractivity contribution is 0.474. The highest BCUT2D eigenvalue weighted by Gasteiger charge is 2.10. The third-order valence-corrected chi connectivity index (χ3v) is 3.55. The number of hydrogen-bond donors (Lipinski definition) is 2. The molecule has 0 saturated carbocycles. The summed E-state index contributed by atoms with van der Waals surface area (Å²) in [6, 6.07) is 14.9. The van der Waals surface area contributed by atoms with E-state index in [2.05, 4.69) is 15.3 Å². The molecule has 3 rings (SSSR count). The van der Waals surface area contributed by atoms with Gasteiger partial charge in [-0.15, -0.1) is 0 Å². The van der Waals surface area contributed by atoms with Crippen LogP contribution in [0, 0.1) is 11.7 Å². The highest BCUT2D eigenvalue weighted by molar-refractivity contribution is 7.71. The number of rotatable bonds is 3. The van der Waals surface area contributed by atoms with Gasteiger partial charge < -0.3 is 5.11 Å². The van der Waals surface area contributed by atoms with E-state index < -0.39 is 0 Å². The fraction of sp³-hybridized carbons (Fsp3) is 0.0625. The number of aromatic nitrogens is 3. The first kappa shape index (κ1) is 14.2. The highest BCUT2D eigenvalue weighted by Crippen LogP contribution is 2.21. The van der Waals surface area contributed by atoms with E-state index in [-0.39, 0.29) is 5.75 Å². The van der Waals surface area contributed by atoms with E-state index in [9.17, 15) is 5.11 Å². The van der Waals surface area contributed by atoms with Gasteiger partial charge in [0, 0.05) is 11.1 Å². The number of phenols is 1. The second-order valence-electron chi connectivity index (χ2n) is 4.78. The molecule has 6 heteroatoms. The van der Waals surface area contributed by atoms with Crippen molar-refractivity contribution in [3.63, 3.8) is 0 Å². The lowest BCUT2D eigenvalue weighted by Crippen LogP contribution is -1.96. The van der Waals surface area contributed by atoms with Crippen LogP contribution < -0.4 is 0 Å². The Hall–Kier alpha value is -2.73. The largest absolute Gasteiger partial charge is 0.507 e. The van der Waals surface area contributed by atoms with Crippen molar-refractivity contribution in [2.24, 2.45) is 5.10 Å². The maximum Gasteiger partial charge on any atom is 0.216 e. The van der Waals surface area contributed by atoms with Crippen molar-refractivity contribution in [2.45, 2.75) is 6.92 Å². The van der Waals surface area contributed by atoms with Crippen molar-refractivity contribution in [2.75, 3.05) is 0 Å². The quantitative estimate of drug-likeness (QED) is 0.575. The van der Waals surface area contributed by atoms with E-state index in [4.69, 9.17) is 12.2 Å². The molecule has 0 amide bonds. The topological polar surface area (TPSA) is 66.2 Å². The van der Waals surface area contributed by atoms with Gasteiger partial charge in [0.15, 0.2) is 5.82 Å². The van der Waals surface area contributed by atoms with Gasteiger partial charge in [0.2, 0.25) is 4.77 Å². The van der Waals surface area contributed by atoms with Crippen molar-refractivity contribution in [1.82, 2.24) is 14.9 Å². The van der Waals surface area contributed by atoms with Gasteiger partial charge in [0.1, 0.15) is 5.75 Å². The Morgan fingerprint density at radius 2 is 1.91 bits per heavy atom. The standard InChI is InChI=1S/C16H14N4OS/c1-11-6-2-4-8-13(11)15-18-19-16(22)20(15)17-10-12-7-3-5-9-14(12)21/h2-10,21H,1H3,(H,19,22)/b17-10-. The maximum atomic E-state index is 9.79. The third kappa shape index (κ3) is 2.68. The van der Waals surface area contributed by atoms with Gasteiger partial charge in [0.05, 0.1) is 6.21 Å².